The molecule has 1 fully saturated rings. The molecule has 0 aromatic heterocycles. The van der Waals surface area contributed by atoms with Gasteiger partial charge in [-0.3, -0.25) is 4.79 Å². The van der Waals surface area contributed by atoms with E-state index in [-0.39, 0.29) is 5.91 Å². The highest BCUT2D eigenvalue weighted by Gasteiger charge is 2.28. The van der Waals surface area contributed by atoms with Crippen LogP contribution in [0.25, 0.3) is 0 Å². The van der Waals surface area contributed by atoms with Gasteiger partial charge >= 0.3 is 0 Å². The fraction of sp³-hybridized carbons (Fsp3) is 0.900. The smallest absolute Gasteiger partial charge is 0.223 e. The first-order valence-corrected chi connectivity index (χ1v) is 5.21. The molecule has 3 nitrogen and oxygen atoms in total. The molecule has 1 saturated carbocycles. The number of hydrogen-bond donors (Lipinski definition) is 2. The molecule has 1 atom stereocenters. The summed E-state index contributed by atoms with van der Waals surface area (Å²) in [4.78, 5) is 11.2. The second-order valence-electron chi connectivity index (χ2n) is 4.05. The third kappa shape index (κ3) is 4.27. The van der Waals surface area contributed by atoms with Gasteiger partial charge < -0.3 is 11.1 Å². The molecule has 0 aliphatic heterocycles. The molecule has 76 valence electrons. The van der Waals surface area contributed by atoms with Crippen molar-refractivity contribution in [2.45, 2.75) is 32.6 Å². The lowest BCUT2D eigenvalue weighted by Crippen LogP contribution is -2.26. The molecule has 1 amide bonds. The number of rotatable bonds is 6. The van der Waals surface area contributed by atoms with Crippen molar-refractivity contribution in [2.75, 3.05) is 13.1 Å². The van der Waals surface area contributed by atoms with E-state index < -0.39 is 0 Å². The maximum absolute atomic E-state index is 11.2. The summed E-state index contributed by atoms with van der Waals surface area (Å²) in [5.74, 6) is 1.17. The third-order valence-electron chi connectivity index (χ3n) is 2.52. The summed E-state index contributed by atoms with van der Waals surface area (Å²) in [5, 5.41) is 2.94. The fourth-order valence-electron chi connectivity index (χ4n) is 1.27. The quantitative estimate of drug-likeness (QED) is 0.602. The molecule has 0 saturated heterocycles. The molecule has 0 aromatic carbocycles. The molecule has 3 N–H and O–H groups in total. The van der Waals surface area contributed by atoms with Gasteiger partial charge in [-0.25, -0.2) is 0 Å². The first-order valence-electron chi connectivity index (χ1n) is 5.21. The number of carbonyl (C=O) groups is 1. The van der Waals surface area contributed by atoms with E-state index in [1.54, 1.807) is 0 Å². The molecule has 1 rings (SSSR count). The predicted molar refractivity (Wildman–Crippen MR) is 53.2 cm³/mol. The van der Waals surface area contributed by atoms with Gasteiger partial charge in [0.2, 0.25) is 5.91 Å². The van der Waals surface area contributed by atoms with Gasteiger partial charge in [0.25, 0.3) is 0 Å². The molecule has 1 aliphatic carbocycles. The Morgan fingerprint density at radius 3 is 2.85 bits per heavy atom. The molecule has 1 aliphatic rings. The van der Waals surface area contributed by atoms with Gasteiger partial charge in [0.1, 0.15) is 0 Å². The number of nitrogens with one attached hydrogen (secondary N) is 1. The minimum atomic E-state index is 0.250. The van der Waals surface area contributed by atoms with Crippen LogP contribution in [0.5, 0.6) is 0 Å². The van der Waals surface area contributed by atoms with Crippen molar-refractivity contribution in [3.8, 4) is 0 Å². The average Bonchev–Trinajstić information content (AvgIpc) is 2.94. The van der Waals surface area contributed by atoms with Crippen molar-refractivity contribution in [1.82, 2.24) is 5.32 Å². The van der Waals surface area contributed by atoms with Crippen LogP contribution in [0.4, 0.5) is 0 Å². The lowest BCUT2D eigenvalue weighted by Gasteiger charge is -2.08. The Hall–Kier alpha value is -0.570. The predicted octanol–water partition coefficient (Wildman–Crippen LogP) is 0.888. The zero-order chi connectivity index (χ0) is 9.68. The van der Waals surface area contributed by atoms with E-state index in [9.17, 15) is 4.79 Å². The van der Waals surface area contributed by atoms with Gasteiger partial charge in [-0.05, 0) is 38.1 Å². The van der Waals surface area contributed by atoms with Crippen molar-refractivity contribution in [3.63, 3.8) is 0 Å². The summed E-state index contributed by atoms with van der Waals surface area (Å²) >= 11 is 0. The van der Waals surface area contributed by atoms with Crippen LogP contribution in [0.3, 0.4) is 0 Å². The second-order valence-corrected chi connectivity index (χ2v) is 4.05. The van der Waals surface area contributed by atoms with Crippen LogP contribution in [-0.4, -0.2) is 19.0 Å². The minimum Gasteiger partial charge on any atom is -0.356 e. The van der Waals surface area contributed by atoms with Crippen LogP contribution in [-0.2, 0) is 4.79 Å². The van der Waals surface area contributed by atoms with Crippen molar-refractivity contribution in [3.05, 3.63) is 0 Å². The standard InChI is InChI=1S/C10H20N2O/c1-8(7-11)3-2-6-12-10(13)9-4-5-9/h8-9H,2-7,11H2,1H3,(H,12,13). The maximum Gasteiger partial charge on any atom is 0.223 e. The molecule has 0 bridgehead atoms. The van der Waals surface area contributed by atoms with Crippen molar-refractivity contribution >= 4 is 5.91 Å². The van der Waals surface area contributed by atoms with E-state index in [0.717, 1.165) is 38.8 Å². The van der Waals surface area contributed by atoms with E-state index in [1.807, 2.05) is 0 Å². The lowest BCUT2D eigenvalue weighted by atomic mass is 10.1. The number of carbonyl (C=O) groups excluding carboxylic acids is 1. The van der Waals surface area contributed by atoms with E-state index in [1.165, 1.54) is 0 Å². The van der Waals surface area contributed by atoms with Gasteiger partial charge in [-0.15, -0.1) is 0 Å². The topological polar surface area (TPSA) is 55.1 Å². The maximum atomic E-state index is 11.2. The Labute approximate surface area is 80.1 Å². The Bertz CT molecular complexity index is 166. The molecular weight excluding hydrogens is 164 g/mol. The molecule has 1 unspecified atom stereocenters. The fourth-order valence-corrected chi connectivity index (χ4v) is 1.27. The Morgan fingerprint density at radius 2 is 2.31 bits per heavy atom. The first-order chi connectivity index (χ1) is 6.24. The van der Waals surface area contributed by atoms with E-state index in [0.29, 0.717) is 11.8 Å². The summed E-state index contributed by atoms with van der Waals surface area (Å²) in [5.41, 5.74) is 5.48. The average molecular weight is 184 g/mol. The van der Waals surface area contributed by atoms with E-state index in [2.05, 4.69) is 12.2 Å². The molecule has 13 heavy (non-hydrogen) atoms. The van der Waals surface area contributed by atoms with Gasteiger partial charge in [-0.2, -0.15) is 0 Å². The molecular formula is C10H20N2O. The van der Waals surface area contributed by atoms with Gasteiger partial charge in [-0.1, -0.05) is 6.92 Å². The Balaban J connectivity index is 1.91. The van der Waals surface area contributed by atoms with Crippen LogP contribution in [0, 0.1) is 11.8 Å². The minimum absolute atomic E-state index is 0.250. The highest BCUT2D eigenvalue weighted by Crippen LogP contribution is 2.28. The monoisotopic (exact) mass is 184 g/mol. The molecule has 3 heteroatoms. The highest BCUT2D eigenvalue weighted by atomic mass is 16.2. The zero-order valence-corrected chi connectivity index (χ0v) is 8.38. The van der Waals surface area contributed by atoms with Gasteiger partial charge in [0.05, 0.1) is 0 Å². The van der Waals surface area contributed by atoms with Crippen molar-refractivity contribution < 1.29 is 4.79 Å². The van der Waals surface area contributed by atoms with E-state index in [4.69, 9.17) is 5.73 Å². The summed E-state index contributed by atoms with van der Waals surface area (Å²) < 4.78 is 0. The van der Waals surface area contributed by atoms with Crippen LogP contribution in [0.1, 0.15) is 32.6 Å². The van der Waals surface area contributed by atoms with E-state index >= 15 is 0 Å². The van der Waals surface area contributed by atoms with Crippen molar-refractivity contribution in [1.29, 1.82) is 0 Å². The van der Waals surface area contributed by atoms with Crippen molar-refractivity contribution in [2.24, 2.45) is 17.6 Å². The zero-order valence-electron chi connectivity index (χ0n) is 8.38. The van der Waals surface area contributed by atoms with Crippen LogP contribution >= 0.6 is 0 Å². The Morgan fingerprint density at radius 1 is 1.62 bits per heavy atom. The second kappa shape index (κ2) is 5.22. The number of amides is 1. The van der Waals surface area contributed by atoms with Crippen LogP contribution in [0.15, 0.2) is 0 Å². The molecule has 0 heterocycles. The number of nitrogens with two attached hydrogens (primary N) is 1. The summed E-state index contributed by atoms with van der Waals surface area (Å²) in [7, 11) is 0. The molecule has 0 spiro atoms. The third-order valence-corrected chi connectivity index (χ3v) is 2.52. The lowest BCUT2D eigenvalue weighted by molar-refractivity contribution is -0.122. The largest absolute Gasteiger partial charge is 0.356 e. The number of hydrogen-bond acceptors (Lipinski definition) is 2. The van der Waals surface area contributed by atoms with Crippen LogP contribution < -0.4 is 11.1 Å². The normalized spacial score (nSPS) is 18.3. The summed E-state index contributed by atoms with van der Waals surface area (Å²) in [6.07, 6.45) is 4.34. The first kappa shape index (κ1) is 10.5. The summed E-state index contributed by atoms with van der Waals surface area (Å²) in [6.45, 7) is 3.71. The van der Waals surface area contributed by atoms with Gasteiger partial charge in [0, 0.05) is 12.5 Å². The molecule has 0 aromatic rings. The highest BCUT2D eigenvalue weighted by molar-refractivity contribution is 5.80. The Kier molecular flexibility index (Phi) is 4.22. The molecule has 0 radical (unpaired) electrons. The van der Waals surface area contributed by atoms with Gasteiger partial charge in [0.15, 0.2) is 0 Å². The van der Waals surface area contributed by atoms with Crippen LogP contribution in [0.2, 0.25) is 0 Å². The SMILES string of the molecule is CC(CN)CCCNC(=O)C1CC1. The summed E-state index contributed by atoms with van der Waals surface area (Å²) in [6, 6.07) is 0.